The van der Waals surface area contributed by atoms with E-state index in [0.717, 1.165) is 17.2 Å². The summed E-state index contributed by atoms with van der Waals surface area (Å²) in [5.41, 5.74) is -2.31. The largest absolute Gasteiger partial charge is 0.295 e. The van der Waals surface area contributed by atoms with Gasteiger partial charge in [0.05, 0.1) is 10.5 Å². The number of hydrogen-bond donors (Lipinski definition) is 0. The highest BCUT2D eigenvalue weighted by molar-refractivity contribution is 6.31. The van der Waals surface area contributed by atoms with Crippen molar-refractivity contribution in [2.75, 3.05) is 7.05 Å². The van der Waals surface area contributed by atoms with Gasteiger partial charge in [0.2, 0.25) is 0 Å². The third kappa shape index (κ3) is 2.95. The van der Waals surface area contributed by atoms with Gasteiger partial charge in [0, 0.05) is 18.1 Å². The average molecular weight is 341 g/mol. The number of hydroxylamine groups is 2. The second-order valence-electron chi connectivity index (χ2n) is 5.52. The molecule has 1 atom stereocenters. The van der Waals surface area contributed by atoms with Crippen molar-refractivity contribution < 1.29 is 24.1 Å². The van der Waals surface area contributed by atoms with E-state index >= 15 is 0 Å². The van der Waals surface area contributed by atoms with E-state index in [1.54, 1.807) is 0 Å². The van der Waals surface area contributed by atoms with Gasteiger partial charge in [0.15, 0.2) is 17.5 Å². The molecule has 1 aromatic rings. The number of rotatable bonds is 3. The lowest BCUT2D eigenvalue weighted by atomic mass is 9.83. The van der Waals surface area contributed by atoms with Gasteiger partial charge in [-0.1, -0.05) is 11.6 Å². The maximum atomic E-state index is 12.6. The van der Waals surface area contributed by atoms with Crippen LogP contribution in [0.2, 0.25) is 5.02 Å². The molecule has 1 saturated heterocycles. The Labute approximate surface area is 136 Å². The fraction of sp³-hybridized carbons (Fsp3) is 0.357. The summed E-state index contributed by atoms with van der Waals surface area (Å²) in [6, 6.07) is 3.41. The SMILES string of the molecule is CN1OC(C)(C)C(=O)C(C(=O)c2ccc(Cl)cc2[N+](=O)[O-])C1=O. The van der Waals surface area contributed by atoms with Crippen LogP contribution in [0.3, 0.4) is 0 Å². The van der Waals surface area contributed by atoms with Crippen molar-refractivity contribution in [2.24, 2.45) is 5.92 Å². The Balaban J connectivity index is 2.53. The van der Waals surface area contributed by atoms with Crippen LogP contribution in [0, 0.1) is 16.0 Å². The van der Waals surface area contributed by atoms with Crippen LogP contribution in [-0.2, 0) is 14.4 Å². The van der Waals surface area contributed by atoms with Crippen molar-refractivity contribution in [3.8, 4) is 0 Å². The van der Waals surface area contributed by atoms with E-state index in [-0.39, 0.29) is 10.6 Å². The zero-order chi connectivity index (χ0) is 17.5. The number of carbonyl (C=O) groups excluding carboxylic acids is 3. The zero-order valence-electron chi connectivity index (χ0n) is 12.5. The molecule has 0 saturated carbocycles. The molecule has 0 N–H and O–H groups in total. The molecule has 0 aliphatic carbocycles. The van der Waals surface area contributed by atoms with E-state index < -0.39 is 39.6 Å². The number of nitro groups is 1. The molecular weight excluding hydrogens is 328 g/mol. The molecule has 1 aromatic carbocycles. The highest BCUT2D eigenvalue weighted by Gasteiger charge is 2.51. The van der Waals surface area contributed by atoms with Crippen LogP contribution in [0.1, 0.15) is 24.2 Å². The number of amides is 1. The average Bonchev–Trinajstić information content (AvgIpc) is 2.45. The third-order valence-electron chi connectivity index (χ3n) is 3.46. The molecule has 1 fully saturated rings. The van der Waals surface area contributed by atoms with Gasteiger partial charge < -0.3 is 0 Å². The second kappa shape index (κ2) is 5.71. The van der Waals surface area contributed by atoms with Crippen LogP contribution in [0.25, 0.3) is 0 Å². The van der Waals surface area contributed by atoms with Crippen LogP contribution in [0.4, 0.5) is 5.69 Å². The number of carbonyl (C=O) groups is 3. The monoisotopic (exact) mass is 340 g/mol. The highest BCUT2D eigenvalue weighted by Crippen LogP contribution is 2.31. The normalized spacial score (nSPS) is 20.5. The maximum Gasteiger partial charge on any atom is 0.281 e. The van der Waals surface area contributed by atoms with Crippen molar-refractivity contribution in [1.29, 1.82) is 0 Å². The van der Waals surface area contributed by atoms with Crippen LogP contribution < -0.4 is 0 Å². The molecule has 0 spiro atoms. The third-order valence-corrected chi connectivity index (χ3v) is 3.70. The summed E-state index contributed by atoms with van der Waals surface area (Å²) in [7, 11) is 1.27. The Morgan fingerprint density at radius 3 is 2.57 bits per heavy atom. The summed E-state index contributed by atoms with van der Waals surface area (Å²) in [4.78, 5) is 52.6. The lowest BCUT2D eigenvalue weighted by Crippen LogP contribution is -2.57. The molecule has 2 rings (SSSR count). The predicted octanol–water partition coefficient (Wildman–Crippen LogP) is 1.80. The van der Waals surface area contributed by atoms with E-state index in [4.69, 9.17) is 16.4 Å². The van der Waals surface area contributed by atoms with Crippen molar-refractivity contribution in [2.45, 2.75) is 19.4 Å². The van der Waals surface area contributed by atoms with Gasteiger partial charge in [-0.2, -0.15) is 0 Å². The van der Waals surface area contributed by atoms with Crippen LogP contribution in [0.15, 0.2) is 18.2 Å². The number of nitrogens with zero attached hydrogens (tertiary/aromatic N) is 2. The second-order valence-corrected chi connectivity index (χ2v) is 5.95. The molecule has 0 aromatic heterocycles. The van der Waals surface area contributed by atoms with E-state index in [9.17, 15) is 24.5 Å². The maximum absolute atomic E-state index is 12.6. The zero-order valence-corrected chi connectivity index (χ0v) is 13.3. The van der Waals surface area contributed by atoms with E-state index in [1.807, 2.05) is 0 Å². The summed E-state index contributed by atoms with van der Waals surface area (Å²) in [5, 5.41) is 12.0. The minimum atomic E-state index is -1.69. The molecule has 0 radical (unpaired) electrons. The molecular formula is C14H13ClN2O6. The fourth-order valence-corrected chi connectivity index (χ4v) is 2.49. The van der Waals surface area contributed by atoms with Crippen molar-refractivity contribution in [3.05, 3.63) is 38.9 Å². The van der Waals surface area contributed by atoms with E-state index in [1.165, 1.54) is 27.0 Å². The summed E-state index contributed by atoms with van der Waals surface area (Å²) in [5.74, 6) is -4.27. The first-order valence-corrected chi connectivity index (χ1v) is 6.93. The Hall–Kier alpha value is -2.32. The molecule has 23 heavy (non-hydrogen) atoms. The van der Waals surface area contributed by atoms with Gasteiger partial charge in [0.1, 0.15) is 5.60 Å². The molecule has 0 bridgehead atoms. The minimum Gasteiger partial charge on any atom is -0.295 e. The lowest BCUT2D eigenvalue weighted by molar-refractivity contribution is -0.385. The van der Waals surface area contributed by atoms with Crippen molar-refractivity contribution in [3.63, 3.8) is 0 Å². The van der Waals surface area contributed by atoms with Gasteiger partial charge in [0.25, 0.3) is 11.6 Å². The number of nitro benzene ring substituents is 1. The van der Waals surface area contributed by atoms with E-state index in [0.29, 0.717) is 0 Å². The number of benzene rings is 1. The van der Waals surface area contributed by atoms with Gasteiger partial charge in [-0.15, -0.1) is 0 Å². The fourth-order valence-electron chi connectivity index (χ4n) is 2.32. The molecule has 8 nitrogen and oxygen atoms in total. The van der Waals surface area contributed by atoms with Crippen LogP contribution in [0.5, 0.6) is 0 Å². The Morgan fingerprint density at radius 1 is 1.39 bits per heavy atom. The van der Waals surface area contributed by atoms with Crippen LogP contribution >= 0.6 is 11.6 Å². The molecule has 1 heterocycles. The number of ketones is 2. The summed E-state index contributed by atoms with van der Waals surface area (Å²) in [6.45, 7) is 2.82. The van der Waals surface area contributed by atoms with Gasteiger partial charge in [-0.25, -0.2) is 5.06 Å². The predicted molar refractivity (Wildman–Crippen MR) is 78.9 cm³/mol. The minimum absolute atomic E-state index is 0.0651. The number of Topliss-reactive ketones (excluding diaryl/α,β-unsaturated/α-hetero) is 2. The molecule has 1 aliphatic heterocycles. The standard InChI is InChI=1S/C14H13ClN2O6/c1-14(2)12(19)10(13(20)16(3)23-14)11(18)8-5-4-7(15)6-9(8)17(21)22/h4-6,10H,1-3H3. The molecule has 9 heteroatoms. The lowest BCUT2D eigenvalue weighted by Gasteiger charge is -2.37. The van der Waals surface area contributed by atoms with Crippen LogP contribution in [-0.4, -0.2) is 40.1 Å². The first-order chi connectivity index (χ1) is 10.6. The Morgan fingerprint density at radius 2 is 2.00 bits per heavy atom. The first kappa shape index (κ1) is 17.0. The smallest absolute Gasteiger partial charge is 0.281 e. The summed E-state index contributed by atoms with van der Waals surface area (Å²) >= 11 is 5.70. The first-order valence-electron chi connectivity index (χ1n) is 6.55. The number of halogens is 1. The molecule has 1 aliphatic rings. The van der Waals surface area contributed by atoms with Gasteiger partial charge in [-0.3, -0.25) is 29.3 Å². The van der Waals surface area contributed by atoms with E-state index in [2.05, 4.69) is 0 Å². The quantitative estimate of drug-likeness (QED) is 0.359. The van der Waals surface area contributed by atoms with Gasteiger partial charge in [-0.05, 0) is 26.0 Å². The summed E-state index contributed by atoms with van der Waals surface area (Å²) in [6.07, 6.45) is 0. The molecule has 1 unspecified atom stereocenters. The molecule has 1 amide bonds. The molecule has 122 valence electrons. The topological polar surface area (TPSA) is 107 Å². The summed E-state index contributed by atoms with van der Waals surface area (Å²) < 4.78 is 0. The van der Waals surface area contributed by atoms with Gasteiger partial charge >= 0.3 is 0 Å². The van der Waals surface area contributed by atoms with Crippen molar-refractivity contribution in [1.82, 2.24) is 5.06 Å². The Bertz CT molecular complexity index is 730. The Kier molecular flexibility index (Phi) is 4.23. The number of hydrogen-bond acceptors (Lipinski definition) is 6. The van der Waals surface area contributed by atoms with Crippen molar-refractivity contribution >= 4 is 34.8 Å². The highest BCUT2D eigenvalue weighted by atomic mass is 35.5.